The summed E-state index contributed by atoms with van der Waals surface area (Å²) in [7, 11) is -1.05. The molecule has 0 aliphatic heterocycles. The maximum absolute atomic E-state index is 5.95. The van der Waals surface area contributed by atoms with Gasteiger partial charge in [0.1, 0.15) is 12.4 Å². The highest BCUT2D eigenvalue weighted by molar-refractivity contribution is 9.10. The number of pyridine rings is 1. The number of rotatable bonds is 5. The Bertz CT molecular complexity index is 807. The van der Waals surface area contributed by atoms with Crippen LogP contribution in [0, 0.1) is 0 Å². The van der Waals surface area contributed by atoms with E-state index < -0.39 is 8.07 Å². The Kier molecular flexibility index (Phi) is 4.39. The molecule has 0 saturated heterocycles. The van der Waals surface area contributed by atoms with Gasteiger partial charge in [0.15, 0.2) is 0 Å². The van der Waals surface area contributed by atoms with E-state index in [2.05, 4.69) is 69.4 Å². The highest BCUT2D eigenvalue weighted by atomic mass is 79.9. The maximum Gasteiger partial charge on any atom is 0.142 e. The van der Waals surface area contributed by atoms with Crippen LogP contribution >= 0.6 is 15.9 Å². The summed E-state index contributed by atoms with van der Waals surface area (Å²) >= 11 is 3.56. The molecule has 0 bridgehead atoms. The van der Waals surface area contributed by atoms with Crippen molar-refractivity contribution in [3.63, 3.8) is 0 Å². The molecule has 0 aliphatic carbocycles. The molecule has 0 saturated carbocycles. The first-order chi connectivity index (χ1) is 10.5. The first kappa shape index (κ1) is 15.7. The van der Waals surface area contributed by atoms with Crippen molar-refractivity contribution in [2.75, 3.05) is 6.61 Å². The van der Waals surface area contributed by atoms with Crippen LogP contribution in [-0.4, -0.2) is 24.2 Å². The zero-order valence-corrected chi connectivity index (χ0v) is 15.9. The predicted octanol–water partition coefficient (Wildman–Crippen LogP) is 5.26. The summed E-state index contributed by atoms with van der Waals surface area (Å²) in [6, 6.07) is 11.6. The molecule has 0 radical (unpaired) electrons. The molecule has 0 amide bonds. The van der Waals surface area contributed by atoms with Gasteiger partial charge >= 0.3 is 0 Å². The van der Waals surface area contributed by atoms with Crippen molar-refractivity contribution in [1.82, 2.24) is 9.55 Å². The second-order valence-corrected chi connectivity index (χ2v) is 13.3. The smallest absolute Gasteiger partial charge is 0.142 e. The van der Waals surface area contributed by atoms with Crippen LogP contribution in [0.1, 0.15) is 0 Å². The van der Waals surface area contributed by atoms with Gasteiger partial charge in [-0.05, 0) is 36.4 Å². The molecule has 0 atom stereocenters. The van der Waals surface area contributed by atoms with Gasteiger partial charge in [-0.3, -0.25) is 0 Å². The molecule has 0 N–H and O–H groups in total. The number of nitrogens with zero attached hydrogens (tertiary/aromatic N) is 2. The molecule has 1 aromatic carbocycles. The number of hydrogen-bond donors (Lipinski definition) is 0. The molecular formula is C17H21BrN2OSi. The lowest BCUT2D eigenvalue weighted by atomic mass is 10.2. The maximum atomic E-state index is 5.95. The Balaban J connectivity index is 1.93. The topological polar surface area (TPSA) is 27.1 Å². The monoisotopic (exact) mass is 376 g/mol. The van der Waals surface area contributed by atoms with Gasteiger partial charge in [-0.15, -0.1) is 0 Å². The molecule has 0 fully saturated rings. The zero-order valence-electron chi connectivity index (χ0n) is 13.3. The van der Waals surface area contributed by atoms with Crippen molar-refractivity contribution in [1.29, 1.82) is 0 Å². The molecular weight excluding hydrogens is 356 g/mol. The van der Waals surface area contributed by atoms with E-state index in [1.165, 1.54) is 22.3 Å². The van der Waals surface area contributed by atoms with E-state index in [1.807, 2.05) is 12.3 Å². The first-order valence-electron chi connectivity index (χ1n) is 7.56. The van der Waals surface area contributed by atoms with E-state index in [4.69, 9.17) is 4.74 Å². The quantitative estimate of drug-likeness (QED) is 0.448. The Morgan fingerprint density at radius 2 is 2.00 bits per heavy atom. The van der Waals surface area contributed by atoms with Gasteiger partial charge in [-0.1, -0.05) is 35.6 Å². The first-order valence-corrected chi connectivity index (χ1v) is 12.1. The van der Waals surface area contributed by atoms with Crippen LogP contribution < -0.4 is 0 Å². The minimum absolute atomic E-state index is 0.559. The molecule has 5 heteroatoms. The van der Waals surface area contributed by atoms with Crippen LogP contribution in [-0.2, 0) is 11.5 Å². The summed E-state index contributed by atoms with van der Waals surface area (Å²) in [6.07, 6.45) is 1.84. The van der Waals surface area contributed by atoms with E-state index in [0.29, 0.717) is 6.73 Å². The summed E-state index contributed by atoms with van der Waals surface area (Å²) in [6.45, 7) is 8.49. The van der Waals surface area contributed by atoms with Crippen molar-refractivity contribution < 1.29 is 4.74 Å². The molecule has 0 spiro atoms. The fourth-order valence-electron chi connectivity index (χ4n) is 2.56. The van der Waals surface area contributed by atoms with Gasteiger partial charge < -0.3 is 9.30 Å². The third-order valence-electron chi connectivity index (χ3n) is 3.80. The van der Waals surface area contributed by atoms with E-state index in [-0.39, 0.29) is 0 Å². The van der Waals surface area contributed by atoms with Crippen LogP contribution in [0.3, 0.4) is 0 Å². The Morgan fingerprint density at radius 1 is 1.18 bits per heavy atom. The third-order valence-corrected chi connectivity index (χ3v) is 6.00. The standard InChI is InChI=1S/C17H21BrN2OSi/c1-22(2,3)10-9-21-12-20-16-7-6-13(18)11-15(16)14-5-4-8-19-17(14)20/h4-8,11H,9-10,12H2,1-3H3. The molecule has 0 aliphatic rings. The number of hydrogen-bond acceptors (Lipinski definition) is 2. The molecule has 2 heterocycles. The van der Waals surface area contributed by atoms with Crippen molar-refractivity contribution in [2.24, 2.45) is 0 Å². The average molecular weight is 377 g/mol. The van der Waals surface area contributed by atoms with E-state index in [9.17, 15) is 0 Å². The number of ether oxygens (including phenoxy) is 1. The molecule has 22 heavy (non-hydrogen) atoms. The molecule has 116 valence electrons. The fourth-order valence-corrected chi connectivity index (χ4v) is 3.68. The summed E-state index contributed by atoms with van der Waals surface area (Å²) < 4.78 is 9.20. The second-order valence-electron chi connectivity index (χ2n) is 6.81. The minimum Gasteiger partial charge on any atom is -0.361 e. The third kappa shape index (κ3) is 3.26. The lowest BCUT2D eigenvalue weighted by molar-refractivity contribution is 0.0926. The molecule has 0 unspecified atom stereocenters. The van der Waals surface area contributed by atoms with Crippen LogP contribution in [0.5, 0.6) is 0 Å². The summed E-state index contributed by atoms with van der Waals surface area (Å²) in [5.74, 6) is 0. The number of benzene rings is 1. The molecule has 3 aromatic rings. The van der Waals surface area contributed by atoms with Gasteiger partial charge in [-0.2, -0.15) is 0 Å². The van der Waals surface area contributed by atoms with Crippen molar-refractivity contribution >= 4 is 45.9 Å². The highest BCUT2D eigenvalue weighted by Crippen LogP contribution is 2.30. The number of halogens is 1. The summed E-state index contributed by atoms with van der Waals surface area (Å²) in [5, 5.41) is 2.39. The Labute approximate surface area is 140 Å². The minimum atomic E-state index is -1.05. The van der Waals surface area contributed by atoms with E-state index in [0.717, 1.165) is 16.7 Å². The Hall–Kier alpha value is -1.17. The summed E-state index contributed by atoms with van der Waals surface area (Å²) in [5.41, 5.74) is 2.16. The number of aromatic nitrogens is 2. The SMILES string of the molecule is C[Si](C)(C)CCOCn1c2ccc(Br)cc2c2cccnc21. The van der Waals surface area contributed by atoms with Crippen LogP contribution in [0.2, 0.25) is 25.7 Å². The Morgan fingerprint density at radius 3 is 2.77 bits per heavy atom. The van der Waals surface area contributed by atoms with Gasteiger partial charge in [0.2, 0.25) is 0 Å². The van der Waals surface area contributed by atoms with Crippen molar-refractivity contribution in [2.45, 2.75) is 32.4 Å². The number of fused-ring (bicyclic) bond motifs is 3. The summed E-state index contributed by atoms with van der Waals surface area (Å²) in [4.78, 5) is 4.55. The lowest BCUT2D eigenvalue weighted by Gasteiger charge is -2.16. The largest absolute Gasteiger partial charge is 0.361 e. The van der Waals surface area contributed by atoms with Gasteiger partial charge in [0.25, 0.3) is 0 Å². The fraction of sp³-hybridized carbons (Fsp3) is 0.353. The van der Waals surface area contributed by atoms with Gasteiger partial charge in [0.05, 0.1) is 5.52 Å². The van der Waals surface area contributed by atoms with Crippen LogP contribution in [0.25, 0.3) is 21.9 Å². The lowest BCUT2D eigenvalue weighted by Crippen LogP contribution is -2.22. The molecule has 2 aromatic heterocycles. The van der Waals surface area contributed by atoms with Crippen molar-refractivity contribution in [3.8, 4) is 0 Å². The average Bonchev–Trinajstić information content (AvgIpc) is 2.76. The highest BCUT2D eigenvalue weighted by Gasteiger charge is 2.14. The molecule has 3 rings (SSSR count). The van der Waals surface area contributed by atoms with Crippen LogP contribution in [0.4, 0.5) is 0 Å². The van der Waals surface area contributed by atoms with Crippen LogP contribution in [0.15, 0.2) is 41.0 Å². The molecule has 3 nitrogen and oxygen atoms in total. The zero-order chi connectivity index (χ0) is 15.7. The van der Waals surface area contributed by atoms with Crippen molar-refractivity contribution in [3.05, 3.63) is 41.0 Å². The van der Waals surface area contributed by atoms with E-state index >= 15 is 0 Å². The van der Waals surface area contributed by atoms with Gasteiger partial charge in [0, 0.05) is 36.1 Å². The second kappa shape index (κ2) is 6.14. The predicted molar refractivity (Wildman–Crippen MR) is 99.0 cm³/mol. The normalized spacial score (nSPS) is 12.4. The van der Waals surface area contributed by atoms with E-state index in [1.54, 1.807) is 0 Å². The van der Waals surface area contributed by atoms with Gasteiger partial charge in [-0.25, -0.2) is 4.98 Å².